The van der Waals surface area contributed by atoms with Crippen molar-refractivity contribution in [2.75, 3.05) is 26.2 Å². The summed E-state index contributed by atoms with van der Waals surface area (Å²) in [7, 11) is 0. The molecule has 124 valence electrons. The van der Waals surface area contributed by atoms with Crippen molar-refractivity contribution < 1.29 is 5.11 Å². The number of aliphatic hydroxyl groups is 1. The van der Waals surface area contributed by atoms with Crippen molar-refractivity contribution in [1.29, 1.82) is 0 Å². The van der Waals surface area contributed by atoms with Crippen LogP contribution in [0.4, 0.5) is 0 Å². The van der Waals surface area contributed by atoms with E-state index in [-0.39, 0.29) is 0 Å². The van der Waals surface area contributed by atoms with Crippen LogP contribution in [0.25, 0.3) is 0 Å². The van der Waals surface area contributed by atoms with Gasteiger partial charge in [-0.25, -0.2) is 0 Å². The topological polar surface area (TPSA) is 35.5 Å². The van der Waals surface area contributed by atoms with E-state index in [2.05, 4.69) is 24.1 Å². The van der Waals surface area contributed by atoms with Crippen LogP contribution in [0.3, 0.4) is 0 Å². The summed E-state index contributed by atoms with van der Waals surface area (Å²) in [5, 5.41) is 13.1. The molecule has 1 aliphatic heterocycles. The maximum absolute atomic E-state index is 9.34. The van der Waals surface area contributed by atoms with Gasteiger partial charge in [-0.05, 0) is 44.1 Å². The third kappa shape index (κ3) is 5.22. The summed E-state index contributed by atoms with van der Waals surface area (Å²) in [6, 6.07) is 1.21. The molecule has 0 aromatic carbocycles. The molecule has 1 aliphatic carbocycles. The van der Waals surface area contributed by atoms with Crippen LogP contribution < -0.4 is 5.32 Å². The number of aliphatic hydroxyl groups excluding tert-OH is 1. The fourth-order valence-electron chi connectivity index (χ4n) is 4.29. The third-order valence-electron chi connectivity index (χ3n) is 5.55. The molecule has 1 saturated carbocycles. The van der Waals surface area contributed by atoms with Gasteiger partial charge in [0.25, 0.3) is 0 Å². The summed E-state index contributed by atoms with van der Waals surface area (Å²) >= 11 is 0. The summed E-state index contributed by atoms with van der Waals surface area (Å²) in [4.78, 5) is 2.72. The van der Waals surface area contributed by atoms with E-state index in [4.69, 9.17) is 0 Å². The zero-order valence-corrected chi connectivity index (χ0v) is 14.2. The third-order valence-corrected chi connectivity index (χ3v) is 5.55. The Hall–Kier alpha value is -0.120. The average molecular weight is 296 g/mol. The van der Waals surface area contributed by atoms with Crippen LogP contribution >= 0.6 is 0 Å². The van der Waals surface area contributed by atoms with Crippen molar-refractivity contribution >= 4 is 0 Å². The number of nitrogens with one attached hydrogen (secondary N) is 1. The fraction of sp³-hybridized carbons (Fsp3) is 1.00. The quantitative estimate of drug-likeness (QED) is 0.757. The van der Waals surface area contributed by atoms with Crippen LogP contribution in [0.2, 0.25) is 0 Å². The molecular weight excluding hydrogens is 260 g/mol. The highest BCUT2D eigenvalue weighted by atomic mass is 16.3. The lowest BCUT2D eigenvalue weighted by Crippen LogP contribution is -2.51. The van der Waals surface area contributed by atoms with Gasteiger partial charge in [-0.2, -0.15) is 0 Å². The predicted octanol–water partition coefficient (Wildman–Crippen LogP) is 3.17. The molecule has 0 aromatic heterocycles. The molecule has 3 heteroatoms. The van der Waals surface area contributed by atoms with Crippen molar-refractivity contribution in [3.05, 3.63) is 0 Å². The number of rotatable bonds is 7. The molecule has 2 rings (SSSR count). The molecule has 0 amide bonds. The Morgan fingerprint density at radius 3 is 2.57 bits per heavy atom. The second kappa shape index (κ2) is 8.50. The minimum absolute atomic E-state index is 0.346. The Labute approximate surface area is 131 Å². The highest BCUT2D eigenvalue weighted by Crippen LogP contribution is 2.38. The van der Waals surface area contributed by atoms with Crippen LogP contribution in [0.1, 0.15) is 71.6 Å². The van der Waals surface area contributed by atoms with Gasteiger partial charge < -0.3 is 10.4 Å². The van der Waals surface area contributed by atoms with Gasteiger partial charge in [0.1, 0.15) is 0 Å². The number of piperidine rings is 1. The zero-order chi connectivity index (χ0) is 15.1. The molecule has 3 nitrogen and oxygen atoms in total. The van der Waals surface area contributed by atoms with E-state index in [0.717, 1.165) is 6.42 Å². The van der Waals surface area contributed by atoms with Crippen LogP contribution in [0.5, 0.6) is 0 Å². The maximum atomic E-state index is 9.34. The molecule has 1 saturated heterocycles. The molecule has 0 bridgehead atoms. The molecule has 1 heterocycles. The van der Waals surface area contributed by atoms with Gasteiger partial charge in [0.2, 0.25) is 0 Å². The smallest absolute Gasteiger partial charge is 0.0445 e. The number of hydrogen-bond acceptors (Lipinski definition) is 3. The zero-order valence-electron chi connectivity index (χ0n) is 14.2. The van der Waals surface area contributed by atoms with E-state index in [1.54, 1.807) is 0 Å². The van der Waals surface area contributed by atoms with Crippen molar-refractivity contribution in [2.45, 2.75) is 83.7 Å². The molecule has 2 fully saturated rings. The first-order valence-electron chi connectivity index (χ1n) is 9.23. The lowest BCUT2D eigenvalue weighted by Gasteiger charge is -2.46. The van der Waals surface area contributed by atoms with Gasteiger partial charge in [-0.3, -0.25) is 4.90 Å². The lowest BCUT2D eigenvalue weighted by molar-refractivity contribution is 0.0440. The van der Waals surface area contributed by atoms with Crippen molar-refractivity contribution in [2.24, 2.45) is 5.41 Å². The van der Waals surface area contributed by atoms with E-state index in [1.165, 1.54) is 71.0 Å². The number of likely N-dealkylation sites (tertiary alicyclic amines) is 1. The van der Waals surface area contributed by atoms with Crippen molar-refractivity contribution in [3.8, 4) is 0 Å². The van der Waals surface area contributed by atoms with Gasteiger partial charge in [0.05, 0.1) is 0 Å². The standard InChI is InChI=1S/C18H36N2O/c1-16(2)19-14-18(10-5-3-6-11-18)15-20-12-7-4-8-17(20)9-13-21/h16-17,19,21H,3-15H2,1-2H3. The predicted molar refractivity (Wildman–Crippen MR) is 89.6 cm³/mol. The number of hydrogen-bond donors (Lipinski definition) is 2. The highest BCUT2D eigenvalue weighted by Gasteiger charge is 2.36. The molecule has 2 N–H and O–H groups in total. The molecule has 2 aliphatic rings. The molecule has 0 aromatic rings. The Balaban J connectivity index is 1.98. The van der Waals surface area contributed by atoms with Gasteiger partial charge in [0, 0.05) is 31.8 Å². The molecule has 0 radical (unpaired) electrons. The Bertz CT molecular complexity index is 285. The summed E-state index contributed by atoms with van der Waals surface area (Å²) in [6.07, 6.45) is 11.9. The largest absolute Gasteiger partial charge is 0.396 e. The van der Waals surface area contributed by atoms with E-state index in [1.807, 2.05) is 0 Å². The van der Waals surface area contributed by atoms with Crippen LogP contribution in [-0.2, 0) is 0 Å². The highest BCUT2D eigenvalue weighted by molar-refractivity contribution is 4.91. The van der Waals surface area contributed by atoms with E-state index in [0.29, 0.717) is 24.1 Å². The molecule has 0 spiro atoms. The van der Waals surface area contributed by atoms with Gasteiger partial charge in [-0.1, -0.05) is 39.5 Å². The van der Waals surface area contributed by atoms with Crippen molar-refractivity contribution in [3.63, 3.8) is 0 Å². The summed E-state index contributed by atoms with van der Waals surface area (Å²) in [5.74, 6) is 0. The molecule has 21 heavy (non-hydrogen) atoms. The first-order chi connectivity index (χ1) is 10.2. The van der Waals surface area contributed by atoms with Gasteiger partial charge >= 0.3 is 0 Å². The second-order valence-electron chi connectivity index (χ2n) is 7.73. The maximum Gasteiger partial charge on any atom is 0.0445 e. The number of nitrogens with zero attached hydrogens (tertiary/aromatic N) is 1. The normalized spacial score (nSPS) is 27.1. The van der Waals surface area contributed by atoms with Crippen LogP contribution in [-0.4, -0.2) is 48.3 Å². The summed E-state index contributed by atoms with van der Waals surface area (Å²) in [6.45, 7) is 8.52. The summed E-state index contributed by atoms with van der Waals surface area (Å²) < 4.78 is 0. The van der Waals surface area contributed by atoms with Gasteiger partial charge in [0.15, 0.2) is 0 Å². The van der Waals surface area contributed by atoms with E-state index < -0.39 is 0 Å². The SMILES string of the molecule is CC(C)NCC1(CN2CCCCC2CCO)CCCCC1. The molecule has 1 atom stereocenters. The molecule has 1 unspecified atom stereocenters. The second-order valence-corrected chi connectivity index (χ2v) is 7.73. The minimum Gasteiger partial charge on any atom is -0.396 e. The van der Waals surface area contributed by atoms with Crippen molar-refractivity contribution in [1.82, 2.24) is 10.2 Å². The summed E-state index contributed by atoms with van der Waals surface area (Å²) in [5.41, 5.74) is 0.480. The van der Waals surface area contributed by atoms with E-state index in [9.17, 15) is 5.11 Å². The monoisotopic (exact) mass is 296 g/mol. The lowest BCUT2D eigenvalue weighted by atomic mass is 9.73. The first kappa shape index (κ1) is 17.2. The first-order valence-corrected chi connectivity index (χ1v) is 9.23. The van der Waals surface area contributed by atoms with E-state index >= 15 is 0 Å². The Morgan fingerprint density at radius 1 is 1.14 bits per heavy atom. The fourth-order valence-corrected chi connectivity index (χ4v) is 4.29. The Kier molecular flexibility index (Phi) is 6.97. The minimum atomic E-state index is 0.346. The van der Waals surface area contributed by atoms with Crippen LogP contribution in [0.15, 0.2) is 0 Å². The Morgan fingerprint density at radius 2 is 1.90 bits per heavy atom. The molecular formula is C18H36N2O. The van der Waals surface area contributed by atoms with Gasteiger partial charge in [-0.15, -0.1) is 0 Å². The average Bonchev–Trinajstić information content (AvgIpc) is 2.49. The van der Waals surface area contributed by atoms with Crippen LogP contribution in [0, 0.1) is 5.41 Å².